The molecule has 0 spiro atoms. The number of nitrogens with two attached hydrogens (primary N) is 1. The van der Waals surface area contributed by atoms with Crippen molar-refractivity contribution >= 4 is 23.1 Å². The predicted molar refractivity (Wildman–Crippen MR) is 69.8 cm³/mol. The lowest BCUT2D eigenvalue weighted by molar-refractivity contribution is -0.136. The summed E-state index contributed by atoms with van der Waals surface area (Å²) in [5.41, 5.74) is 4.82. The Morgan fingerprint density at radius 1 is 1.39 bits per heavy atom. The number of benzene rings is 1. The molecular formula is C12H15F3N2S. The summed E-state index contributed by atoms with van der Waals surface area (Å²) in [6.45, 7) is 0.716. The molecule has 0 amide bonds. The molecule has 1 unspecified atom stereocenters. The van der Waals surface area contributed by atoms with Gasteiger partial charge in [0, 0.05) is 17.9 Å². The number of rotatable bonds is 3. The number of hydrogen-bond donors (Lipinski definition) is 2. The number of anilines is 2. The summed E-state index contributed by atoms with van der Waals surface area (Å²) in [4.78, 5) is 0. The maximum Gasteiger partial charge on any atom is 0.418 e. The molecule has 2 nitrogen and oxygen atoms in total. The molecule has 18 heavy (non-hydrogen) atoms. The van der Waals surface area contributed by atoms with Gasteiger partial charge in [0.1, 0.15) is 0 Å². The van der Waals surface area contributed by atoms with Gasteiger partial charge in [-0.05, 0) is 42.0 Å². The quantitative estimate of drug-likeness (QED) is 0.830. The summed E-state index contributed by atoms with van der Waals surface area (Å²) < 4.78 is 38.0. The Kier molecular flexibility index (Phi) is 3.94. The van der Waals surface area contributed by atoms with Gasteiger partial charge >= 0.3 is 6.18 Å². The van der Waals surface area contributed by atoms with Crippen LogP contribution in [-0.4, -0.2) is 18.1 Å². The fourth-order valence-corrected chi connectivity index (χ4v) is 3.20. The Hall–Kier alpha value is -1.04. The third kappa shape index (κ3) is 3.25. The predicted octanol–water partition coefficient (Wildman–Crippen LogP) is 3.45. The zero-order valence-corrected chi connectivity index (χ0v) is 10.6. The third-order valence-corrected chi connectivity index (χ3v) is 4.21. The highest BCUT2D eigenvalue weighted by Gasteiger charge is 2.33. The number of nitrogen functional groups attached to an aromatic ring is 1. The lowest BCUT2D eigenvalue weighted by atomic mass is 10.1. The fourth-order valence-electron chi connectivity index (χ4n) is 1.92. The molecule has 0 saturated carbocycles. The van der Waals surface area contributed by atoms with Crippen molar-refractivity contribution in [3.63, 3.8) is 0 Å². The van der Waals surface area contributed by atoms with Crippen molar-refractivity contribution < 1.29 is 13.2 Å². The second-order valence-electron chi connectivity index (χ2n) is 4.41. The minimum atomic E-state index is -4.40. The molecule has 1 atom stereocenters. The first kappa shape index (κ1) is 13.4. The van der Waals surface area contributed by atoms with Crippen molar-refractivity contribution in [2.24, 2.45) is 5.92 Å². The van der Waals surface area contributed by atoms with Crippen LogP contribution in [0.3, 0.4) is 0 Å². The highest BCUT2D eigenvalue weighted by Crippen LogP contribution is 2.35. The smallest absolute Gasteiger partial charge is 0.398 e. The van der Waals surface area contributed by atoms with Crippen LogP contribution in [0.25, 0.3) is 0 Å². The van der Waals surface area contributed by atoms with Crippen molar-refractivity contribution in [3.05, 3.63) is 23.8 Å². The van der Waals surface area contributed by atoms with Gasteiger partial charge in [-0.25, -0.2) is 0 Å². The van der Waals surface area contributed by atoms with Crippen LogP contribution in [0, 0.1) is 5.92 Å². The molecule has 0 bridgehead atoms. The molecule has 1 aliphatic rings. The molecule has 1 heterocycles. The van der Waals surface area contributed by atoms with Crippen LogP contribution >= 0.6 is 11.8 Å². The van der Waals surface area contributed by atoms with E-state index in [1.54, 1.807) is 6.07 Å². The van der Waals surface area contributed by atoms with Crippen LogP contribution < -0.4 is 11.1 Å². The number of nitrogens with one attached hydrogen (secondary N) is 1. The Balaban J connectivity index is 2.04. The summed E-state index contributed by atoms with van der Waals surface area (Å²) in [5, 5.41) is 3.06. The Morgan fingerprint density at radius 2 is 2.17 bits per heavy atom. The van der Waals surface area contributed by atoms with E-state index < -0.39 is 11.7 Å². The Morgan fingerprint density at radius 3 is 2.78 bits per heavy atom. The van der Waals surface area contributed by atoms with E-state index in [9.17, 15) is 13.2 Å². The van der Waals surface area contributed by atoms with Crippen LogP contribution in [0.5, 0.6) is 0 Å². The van der Waals surface area contributed by atoms with E-state index in [0.717, 1.165) is 24.0 Å². The van der Waals surface area contributed by atoms with Crippen LogP contribution in [0.2, 0.25) is 0 Å². The van der Waals surface area contributed by atoms with Crippen LogP contribution in [-0.2, 0) is 6.18 Å². The average molecular weight is 276 g/mol. The lowest BCUT2D eigenvalue weighted by Crippen LogP contribution is -2.15. The number of thioether (sulfide) groups is 1. The zero-order chi connectivity index (χ0) is 13.2. The summed E-state index contributed by atoms with van der Waals surface area (Å²) in [6, 6.07) is 3.97. The maximum absolute atomic E-state index is 12.7. The van der Waals surface area contributed by atoms with Gasteiger partial charge in [-0.15, -0.1) is 0 Å². The topological polar surface area (TPSA) is 38.0 Å². The zero-order valence-electron chi connectivity index (χ0n) is 9.76. The molecule has 1 aromatic rings. The maximum atomic E-state index is 12.7. The largest absolute Gasteiger partial charge is 0.418 e. The van der Waals surface area contributed by atoms with Gasteiger partial charge in [-0.2, -0.15) is 24.9 Å². The summed E-state index contributed by atoms with van der Waals surface area (Å²) >= 11 is 1.89. The molecule has 0 aliphatic carbocycles. The van der Waals surface area contributed by atoms with Crippen molar-refractivity contribution in [2.45, 2.75) is 12.6 Å². The van der Waals surface area contributed by atoms with E-state index in [1.165, 1.54) is 6.07 Å². The van der Waals surface area contributed by atoms with Gasteiger partial charge in [-0.1, -0.05) is 0 Å². The molecule has 1 aromatic carbocycles. The summed E-state index contributed by atoms with van der Waals surface area (Å²) in [7, 11) is 0. The van der Waals surface area contributed by atoms with Gasteiger partial charge in [0.25, 0.3) is 0 Å². The van der Waals surface area contributed by atoms with Crippen molar-refractivity contribution in [1.29, 1.82) is 0 Å². The molecule has 2 rings (SSSR count). The van der Waals surface area contributed by atoms with E-state index in [2.05, 4.69) is 5.32 Å². The van der Waals surface area contributed by atoms with Gasteiger partial charge in [-0.3, -0.25) is 0 Å². The second-order valence-corrected chi connectivity index (χ2v) is 5.56. The van der Waals surface area contributed by atoms with E-state index in [4.69, 9.17) is 5.73 Å². The first-order valence-electron chi connectivity index (χ1n) is 5.75. The normalized spacial score (nSPS) is 20.1. The molecule has 1 saturated heterocycles. The van der Waals surface area contributed by atoms with E-state index in [-0.39, 0.29) is 5.69 Å². The first-order chi connectivity index (χ1) is 8.47. The SMILES string of the molecule is Nc1ccc(NCC2CCSC2)cc1C(F)(F)F. The van der Waals surface area contributed by atoms with Crippen LogP contribution in [0.15, 0.2) is 18.2 Å². The number of hydrogen-bond acceptors (Lipinski definition) is 3. The molecular weight excluding hydrogens is 261 g/mol. The number of halogens is 3. The fraction of sp³-hybridized carbons (Fsp3) is 0.500. The summed E-state index contributed by atoms with van der Waals surface area (Å²) in [6.07, 6.45) is -3.27. The lowest BCUT2D eigenvalue weighted by Gasteiger charge is -2.15. The Labute approximate surface area is 108 Å². The van der Waals surface area contributed by atoms with Gasteiger partial charge < -0.3 is 11.1 Å². The standard InChI is InChI=1S/C12H15F3N2S/c13-12(14,15)10-5-9(1-2-11(10)16)17-6-8-3-4-18-7-8/h1-2,5,8,17H,3-4,6-7,16H2. The second kappa shape index (κ2) is 5.30. The van der Waals surface area contributed by atoms with E-state index in [0.29, 0.717) is 18.2 Å². The minimum Gasteiger partial charge on any atom is -0.398 e. The minimum absolute atomic E-state index is 0.232. The van der Waals surface area contributed by atoms with E-state index >= 15 is 0 Å². The third-order valence-electron chi connectivity index (χ3n) is 2.98. The van der Waals surface area contributed by atoms with Gasteiger partial charge in [0.2, 0.25) is 0 Å². The monoisotopic (exact) mass is 276 g/mol. The molecule has 0 radical (unpaired) electrons. The van der Waals surface area contributed by atoms with Crippen molar-refractivity contribution in [2.75, 3.05) is 29.1 Å². The highest BCUT2D eigenvalue weighted by atomic mass is 32.2. The van der Waals surface area contributed by atoms with E-state index in [1.807, 2.05) is 11.8 Å². The van der Waals surface area contributed by atoms with Gasteiger partial charge in [0.15, 0.2) is 0 Å². The van der Waals surface area contributed by atoms with Crippen LogP contribution in [0.1, 0.15) is 12.0 Å². The first-order valence-corrected chi connectivity index (χ1v) is 6.90. The molecule has 1 aliphatic heterocycles. The molecule has 100 valence electrons. The molecule has 0 aromatic heterocycles. The Bertz CT molecular complexity index is 414. The molecule has 6 heteroatoms. The summed E-state index contributed by atoms with van der Waals surface area (Å²) in [5.74, 6) is 2.76. The van der Waals surface area contributed by atoms with Crippen LogP contribution in [0.4, 0.5) is 24.5 Å². The van der Waals surface area contributed by atoms with Crippen molar-refractivity contribution in [1.82, 2.24) is 0 Å². The molecule has 1 fully saturated rings. The average Bonchev–Trinajstić information content (AvgIpc) is 2.79. The highest BCUT2D eigenvalue weighted by molar-refractivity contribution is 7.99. The number of alkyl halides is 3. The molecule has 3 N–H and O–H groups in total. The van der Waals surface area contributed by atoms with Gasteiger partial charge in [0.05, 0.1) is 5.56 Å². The van der Waals surface area contributed by atoms with Crippen molar-refractivity contribution in [3.8, 4) is 0 Å².